The summed E-state index contributed by atoms with van der Waals surface area (Å²) in [6.07, 6.45) is 1.92. The number of carboxylic acids is 1. The maximum Gasteiger partial charge on any atom is 0.312 e. The van der Waals surface area contributed by atoms with Gasteiger partial charge in [0, 0.05) is 6.20 Å². The zero-order valence-corrected chi connectivity index (χ0v) is 10.6. The van der Waals surface area contributed by atoms with E-state index in [-0.39, 0.29) is 5.92 Å². The van der Waals surface area contributed by atoms with Crippen molar-refractivity contribution in [3.63, 3.8) is 0 Å². The Hall–Kier alpha value is -0.800. The summed E-state index contributed by atoms with van der Waals surface area (Å²) in [5.41, 5.74) is 0.382. The van der Waals surface area contributed by atoms with Crippen molar-refractivity contribution < 1.29 is 9.90 Å². The van der Waals surface area contributed by atoms with Gasteiger partial charge in [-0.15, -0.1) is 0 Å². The quantitative estimate of drug-likeness (QED) is 0.901. The lowest BCUT2D eigenvalue weighted by atomic mass is 9.94. The number of carboxylic acid groups (broad SMARTS) is 1. The first-order valence-corrected chi connectivity index (χ1v) is 5.71. The third-order valence-electron chi connectivity index (χ3n) is 2.17. The fraction of sp³-hybridized carbons (Fsp3) is 0.455. The molecule has 1 unspecified atom stereocenters. The van der Waals surface area contributed by atoms with E-state index < -0.39 is 11.9 Å². The molecular weight excluding hydrogens is 249 g/mol. The van der Waals surface area contributed by atoms with E-state index in [1.165, 1.54) is 12.3 Å². The Kier molecular flexibility index (Phi) is 4.56. The topological polar surface area (TPSA) is 50.2 Å². The van der Waals surface area contributed by atoms with E-state index in [0.717, 1.165) is 0 Å². The molecule has 3 nitrogen and oxygen atoms in total. The molecule has 0 aliphatic carbocycles. The third-order valence-corrected chi connectivity index (χ3v) is 2.68. The van der Waals surface area contributed by atoms with Gasteiger partial charge < -0.3 is 5.11 Å². The first kappa shape index (κ1) is 13.3. The zero-order valence-electron chi connectivity index (χ0n) is 9.08. The summed E-state index contributed by atoms with van der Waals surface area (Å²) < 4.78 is 0. The van der Waals surface area contributed by atoms with E-state index in [9.17, 15) is 4.79 Å². The van der Waals surface area contributed by atoms with Crippen LogP contribution >= 0.6 is 23.2 Å². The van der Waals surface area contributed by atoms with Crippen molar-refractivity contribution in [2.75, 3.05) is 0 Å². The van der Waals surface area contributed by atoms with Gasteiger partial charge in [0.05, 0.1) is 15.7 Å². The molecule has 1 aromatic rings. The van der Waals surface area contributed by atoms with Gasteiger partial charge in [-0.05, 0) is 18.4 Å². The van der Waals surface area contributed by atoms with Crippen LogP contribution in [0.3, 0.4) is 0 Å². The zero-order chi connectivity index (χ0) is 12.3. The minimum Gasteiger partial charge on any atom is -0.481 e. The summed E-state index contributed by atoms with van der Waals surface area (Å²) in [5, 5.41) is 9.85. The Morgan fingerprint density at radius 3 is 2.56 bits per heavy atom. The monoisotopic (exact) mass is 261 g/mol. The van der Waals surface area contributed by atoms with E-state index in [1.54, 1.807) is 0 Å². The fourth-order valence-corrected chi connectivity index (χ4v) is 1.99. The lowest BCUT2D eigenvalue weighted by molar-refractivity contribution is -0.139. The number of aliphatic carboxylic acids is 1. The minimum absolute atomic E-state index is 0.259. The molecule has 5 heteroatoms. The minimum atomic E-state index is -0.912. The molecule has 0 saturated carbocycles. The van der Waals surface area contributed by atoms with Crippen LogP contribution in [-0.4, -0.2) is 16.1 Å². The largest absolute Gasteiger partial charge is 0.481 e. The van der Waals surface area contributed by atoms with Gasteiger partial charge in [0.25, 0.3) is 0 Å². The summed E-state index contributed by atoms with van der Waals surface area (Å²) in [4.78, 5) is 15.1. The van der Waals surface area contributed by atoms with Crippen LogP contribution in [0.4, 0.5) is 0 Å². The predicted molar refractivity (Wildman–Crippen MR) is 64.1 cm³/mol. The smallest absolute Gasteiger partial charge is 0.312 e. The van der Waals surface area contributed by atoms with Gasteiger partial charge in [-0.2, -0.15) is 0 Å². The number of nitrogens with zero attached hydrogens (tertiary/aromatic N) is 1. The van der Waals surface area contributed by atoms with Gasteiger partial charge in [-0.1, -0.05) is 37.0 Å². The summed E-state index contributed by atoms with van der Waals surface area (Å²) in [7, 11) is 0. The molecule has 0 saturated heterocycles. The second kappa shape index (κ2) is 5.51. The summed E-state index contributed by atoms with van der Waals surface area (Å²) in [5.74, 6) is -1.33. The van der Waals surface area contributed by atoms with Crippen molar-refractivity contribution >= 4 is 29.2 Å². The number of hydrogen-bond acceptors (Lipinski definition) is 2. The molecule has 0 amide bonds. The number of aromatic nitrogens is 1. The highest BCUT2D eigenvalue weighted by Crippen LogP contribution is 2.29. The van der Waals surface area contributed by atoms with Crippen LogP contribution < -0.4 is 0 Å². The van der Waals surface area contributed by atoms with Crippen LogP contribution in [0.2, 0.25) is 10.0 Å². The van der Waals surface area contributed by atoms with Crippen molar-refractivity contribution in [1.29, 1.82) is 0 Å². The van der Waals surface area contributed by atoms with E-state index >= 15 is 0 Å². The number of rotatable bonds is 4. The van der Waals surface area contributed by atoms with Gasteiger partial charge in [0.2, 0.25) is 0 Å². The molecule has 1 atom stereocenters. The second-order valence-corrected chi connectivity index (χ2v) is 4.88. The summed E-state index contributed by atoms with van der Waals surface area (Å²) in [6, 6.07) is 1.52. The van der Waals surface area contributed by atoms with Crippen molar-refractivity contribution in [2.24, 2.45) is 5.92 Å². The average molecular weight is 262 g/mol. The first-order valence-electron chi connectivity index (χ1n) is 4.95. The molecular formula is C11H13Cl2NO2. The highest BCUT2D eigenvalue weighted by molar-refractivity contribution is 6.34. The third kappa shape index (κ3) is 3.35. The highest BCUT2D eigenvalue weighted by Gasteiger charge is 2.24. The van der Waals surface area contributed by atoms with Crippen LogP contribution in [0, 0.1) is 5.92 Å². The van der Waals surface area contributed by atoms with Crippen molar-refractivity contribution in [3.05, 3.63) is 28.0 Å². The Morgan fingerprint density at radius 2 is 2.12 bits per heavy atom. The molecule has 88 valence electrons. The molecule has 0 aliphatic heterocycles. The molecule has 0 aromatic carbocycles. The Bertz CT molecular complexity index is 394. The standard InChI is InChI=1S/C11H13Cl2NO2/c1-6(2)3-8(11(15)16)10-9(13)4-7(12)5-14-10/h4-6,8H,3H2,1-2H3,(H,15,16). The Labute approximate surface area is 104 Å². The van der Waals surface area contributed by atoms with Gasteiger partial charge in [0.1, 0.15) is 5.92 Å². The molecule has 0 radical (unpaired) electrons. The number of pyridine rings is 1. The normalized spacial score (nSPS) is 12.8. The fourth-order valence-electron chi connectivity index (χ4n) is 1.48. The van der Waals surface area contributed by atoms with Crippen molar-refractivity contribution in [3.8, 4) is 0 Å². The van der Waals surface area contributed by atoms with Crippen LogP contribution in [-0.2, 0) is 4.79 Å². The molecule has 0 aliphatic rings. The van der Waals surface area contributed by atoms with E-state index in [2.05, 4.69) is 4.98 Å². The maximum absolute atomic E-state index is 11.1. The van der Waals surface area contributed by atoms with Gasteiger partial charge in [0.15, 0.2) is 0 Å². The van der Waals surface area contributed by atoms with Crippen molar-refractivity contribution in [1.82, 2.24) is 4.98 Å². The molecule has 16 heavy (non-hydrogen) atoms. The predicted octanol–water partition coefficient (Wildman–Crippen LogP) is 3.60. The van der Waals surface area contributed by atoms with Crippen LogP contribution in [0.25, 0.3) is 0 Å². The Morgan fingerprint density at radius 1 is 1.50 bits per heavy atom. The number of carbonyl (C=O) groups is 1. The molecule has 1 heterocycles. The SMILES string of the molecule is CC(C)CC(C(=O)O)c1ncc(Cl)cc1Cl. The molecule has 0 spiro atoms. The molecule has 0 bridgehead atoms. The summed E-state index contributed by atoms with van der Waals surface area (Å²) >= 11 is 11.7. The summed E-state index contributed by atoms with van der Waals surface area (Å²) in [6.45, 7) is 3.92. The first-order chi connectivity index (χ1) is 7.41. The van der Waals surface area contributed by atoms with Crippen LogP contribution in [0.15, 0.2) is 12.3 Å². The van der Waals surface area contributed by atoms with Crippen LogP contribution in [0.1, 0.15) is 31.9 Å². The van der Waals surface area contributed by atoms with E-state index in [1.807, 2.05) is 13.8 Å². The molecule has 1 aromatic heterocycles. The lowest BCUT2D eigenvalue weighted by Gasteiger charge is -2.15. The van der Waals surface area contributed by atoms with Crippen molar-refractivity contribution in [2.45, 2.75) is 26.2 Å². The van der Waals surface area contributed by atoms with Gasteiger partial charge in [-0.3, -0.25) is 9.78 Å². The van der Waals surface area contributed by atoms with E-state index in [0.29, 0.717) is 22.2 Å². The molecule has 1 rings (SSSR count). The second-order valence-electron chi connectivity index (χ2n) is 4.04. The highest BCUT2D eigenvalue weighted by atomic mass is 35.5. The van der Waals surface area contributed by atoms with Gasteiger partial charge >= 0.3 is 5.97 Å². The lowest BCUT2D eigenvalue weighted by Crippen LogP contribution is -2.15. The average Bonchev–Trinajstić information content (AvgIpc) is 2.14. The van der Waals surface area contributed by atoms with E-state index in [4.69, 9.17) is 28.3 Å². The molecule has 0 fully saturated rings. The number of halogens is 2. The van der Waals surface area contributed by atoms with Gasteiger partial charge in [-0.25, -0.2) is 0 Å². The van der Waals surface area contributed by atoms with Crippen LogP contribution in [0.5, 0.6) is 0 Å². The maximum atomic E-state index is 11.1. The Balaban J connectivity index is 3.06. The number of hydrogen-bond donors (Lipinski definition) is 1. The molecule has 1 N–H and O–H groups in total.